The zero-order chi connectivity index (χ0) is 38.1. The van der Waals surface area contributed by atoms with Gasteiger partial charge in [0.1, 0.15) is 0 Å². The Labute approximate surface area is 337 Å². The fourth-order valence-electron chi connectivity index (χ4n) is 6.05. The largest absolute Gasteiger partial charge is 4.00 e. The van der Waals surface area contributed by atoms with Gasteiger partial charge in [-0.2, -0.15) is 36.4 Å². The van der Waals surface area contributed by atoms with Gasteiger partial charge in [-0.1, -0.05) is 35.4 Å². The van der Waals surface area contributed by atoms with Crippen molar-refractivity contribution in [1.82, 2.24) is 0 Å². The van der Waals surface area contributed by atoms with Crippen LogP contribution >= 0.6 is 0 Å². The summed E-state index contributed by atoms with van der Waals surface area (Å²) in [7, 11) is 0. The van der Waals surface area contributed by atoms with E-state index in [0.29, 0.717) is 24.5 Å². The first kappa shape index (κ1) is 43.3. The molecule has 4 nitrogen and oxygen atoms in total. The summed E-state index contributed by atoms with van der Waals surface area (Å²) in [6.07, 6.45) is 4.06. The molecule has 9 heteroatoms. The van der Waals surface area contributed by atoms with E-state index in [4.69, 9.17) is 9.47 Å². The number of ether oxygens (including phenoxy) is 2. The number of halogens is 4. The van der Waals surface area contributed by atoms with Crippen molar-refractivity contribution in [1.29, 1.82) is 0 Å². The second kappa shape index (κ2) is 22.8. The zero-order valence-electron chi connectivity index (χ0n) is 31.2. The van der Waals surface area contributed by atoms with Crippen LogP contribution in [0.1, 0.15) is 36.8 Å². The maximum absolute atomic E-state index is 14.2. The molecule has 55 heavy (non-hydrogen) atoms. The van der Waals surface area contributed by atoms with Crippen LogP contribution in [0.2, 0.25) is 0 Å². The van der Waals surface area contributed by atoms with Gasteiger partial charge < -0.3 is 19.3 Å². The average Bonchev–Trinajstić information content (AvgIpc) is 4.02. The standard InChI is InChI=1S/2C18H18F2NO.2C5H5.Ti/c2*1-13-4-7-15(8-5-13)21(12-16-3-2-10-22-16)18-9-6-14(19)11-17(18)20;2*1-2-4-5-3-1;/h2*4-9,16H,2-3,10,12H2,1H3;2*1-5H;/q4*-1;+4. The molecule has 0 bridgehead atoms. The molecule has 284 valence electrons. The molecule has 6 aromatic carbocycles. The number of benzene rings is 4. The van der Waals surface area contributed by atoms with Gasteiger partial charge in [0.25, 0.3) is 0 Å². The topological polar surface area (TPSA) is 24.9 Å². The Bertz CT molecular complexity index is 1730. The van der Waals surface area contributed by atoms with E-state index in [1.54, 1.807) is 0 Å². The molecule has 0 aromatic heterocycles. The Hall–Kier alpha value is -4.47. The molecule has 2 atom stereocenters. The summed E-state index contributed by atoms with van der Waals surface area (Å²) in [5.74, 6) is -2.75. The maximum Gasteiger partial charge on any atom is 4.00 e. The Balaban J connectivity index is 0.000000192. The summed E-state index contributed by atoms with van der Waals surface area (Å²) in [6.45, 7) is 6.56. The fourth-order valence-corrected chi connectivity index (χ4v) is 6.05. The molecule has 8 rings (SSSR count). The first-order valence-electron chi connectivity index (χ1n) is 18.3. The number of aryl methyl sites for hydroxylation is 2. The van der Waals surface area contributed by atoms with E-state index in [1.807, 2.05) is 133 Å². The fraction of sp³-hybridized carbons (Fsp3) is 0.261. The summed E-state index contributed by atoms with van der Waals surface area (Å²) in [5.41, 5.74) is 4.63. The minimum Gasteiger partial charge on any atom is -0.390 e. The first-order valence-corrected chi connectivity index (χ1v) is 18.3. The van der Waals surface area contributed by atoms with Gasteiger partial charge in [-0.05, 0) is 75.2 Å². The van der Waals surface area contributed by atoms with E-state index in [1.165, 1.54) is 24.3 Å². The summed E-state index contributed by atoms with van der Waals surface area (Å²) in [6, 6.07) is 45.2. The summed E-state index contributed by atoms with van der Waals surface area (Å²) < 4.78 is 65.9. The second-order valence-corrected chi connectivity index (χ2v) is 13.1. The van der Waals surface area contributed by atoms with Crippen molar-refractivity contribution >= 4 is 22.7 Å². The van der Waals surface area contributed by atoms with Gasteiger partial charge in [0.05, 0.1) is 12.2 Å². The van der Waals surface area contributed by atoms with Gasteiger partial charge in [0, 0.05) is 60.9 Å². The van der Waals surface area contributed by atoms with Crippen LogP contribution in [0.3, 0.4) is 0 Å². The van der Waals surface area contributed by atoms with Crippen molar-refractivity contribution in [3.8, 4) is 0 Å². The Morgan fingerprint density at radius 2 is 0.927 bits per heavy atom. The maximum atomic E-state index is 14.2. The van der Waals surface area contributed by atoms with E-state index < -0.39 is 23.3 Å². The molecule has 2 fully saturated rings. The molecule has 2 heterocycles. The van der Waals surface area contributed by atoms with E-state index >= 15 is 0 Å². The predicted molar refractivity (Wildman–Crippen MR) is 209 cm³/mol. The SMILES string of the molecule is Cc1ccc(N(CC2CCCO2)c2ccc(F)[c-]c2F)cc1.Cc1ccc(N(CC2CCCO2)c2ccc(F)[c-]c2F)cc1.[Ti+4].c1cc[cH-]c1.c1cc[cH-]c1. The summed E-state index contributed by atoms with van der Waals surface area (Å²) >= 11 is 0. The molecule has 0 saturated carbocycles. The smallest absolute Gasteiger partial charge is 0.390 e. The quantitative estimate of drug-likeness (QED) is 0.0872. The van der Waals surface area contributed by atoms with E-state index in [0.717, 1.165) is 61.4 Å². The van der Waals surface area contributed by atoms with Crippen LogP contribution in [0.4, 0.5) is 40.3 Å². The van der Waals surface area contributed by atoms with E-state index in [-0.39, 0.29) is 33.9 Å². The molecule has 6 aromatic rings. The molecule has 0 amide bonds. The van der Waals surface area contributed by atoms with Gasteiger partial charge in [-0.15, -0.1) is 36.4 Å². The van der Waals surface area contributed by atoms with Gasteiger partial charge >= 0.3 is 21.7 Å². The first-order chi connectivity index (χ1) is 26.3. The van der Waals surface area contributed by atoms with E-state index in [2.05, 4.69) is 12.1 Å². The summed E-state index contributed by atoms with van der Waals surface area (Å²) in [4.78, 5) is 3.67. The van der Waals surface area contributed by atoms with Crippen molar-refractivity contribution in [2.45, 2.75) is 51.7 Å². The van der Waals surface area contributed by atoms with Gasteiger partial charge in [-0.3, -0.25) is 0 Å². The number of hydrogen-bond acceptors (Lipinski definition) is 4. The second-order valence-electron chi connectivity index (χ2n) is 13.1. The third-order valence-corrected chi connectivity index (χ3v) is 8.89. The molecule has 0 N–H and O–H groups in total. The molecule has 2 aliphatic rings. The molecule has 0 aliphatic carbocycles. The molecule has 2 unspecified atom stereocenters. The molecule has 0 radical (unpaired) electrons. The van der Waals surface area contributed by atoms with Crippen LogP contribution in [-0.2, 0) is 31.2 Å². The van der Waals surface area contributed by atoms with Crippen molar-refractivity contribution < 1.29 is 48.8 Å². The minimum atomic E-state index is -0.692. The molecule has 2 aliphatic heterocycles. The van der Waals surface area contributed by atoms with Crippen molar-refractivity contribution in [3.05, 3.63) is 180 Å². The van der Waals surface area contributed by atoms with Gasteiger partial charge in [0.2, 0.25) is 0 Å². The summed E-state index contributed by atoms with van der Waals surface area (Å²) in [5, 5.41) is 0. The monoisotopic (exact) mass is 782 g/mol. The van der Waals surface area contributed by atoms with Crippen LogP contribution in [-0.4, -0.2) is 38.5 Å². The van der Waals surface area contributed by atoms with Gasteiger partial charge in [0.15, 0.2) is 0 Å². The average molecular weight is 783 g/mol. The molecule has 0 spiro atoms. The van der Waals surface area contributed by atoms with Crippen LogP contribution in [0.5, 0.6) is 0 Å². The molecular formula is C46H46F4N2O2Ti. The Morgan fingerprint density at radius 3 is 1.20 bits per heavy atom. The molecule has 2 saturated heterocycles. The Morgan fingerprint density at radius 1 is 0.564 bits per heavy atom. The Kier molecular flexibility index (Phi) is 17.9. The van der Waals surface area contributed by atoms with Crippen LogP contribution < -0.4 is 9.80 Å². The molecular weight excluding hydrogens is 736 g/mol. The normalized spacial score (nSPS) is 15.6. The third-order valence-electron chi connectivity index (χ3n) is 8.89. The number of rotatable bonds is 8. The van der Waals surface area contributed by atoms with Crippen LogP contribution in [0, 0.1) is 49.2 Å². The van der Waals surface area contributed by atoms with E-state index in [9.17, 15) is 17.6 Å². The van der Waals surface area contributed by atoms with Crippen molar-refractivity contribution in [3.63, 3.8) is 0 Å². The minimum absolute atomic E-state index is 0. The van der Waals surface area contributed by atoms with Crippen LogP contribution in [0.25, 0.3) is 0 Å². The third kappa shape index (κ3) is 14.0. The van der Waals surface area contributed by atoms with Crippen LogP contribution in [0.15, 0.2) is 133 Å². The zero-order valence-corrected chi connectivity index (χ0v) is 32.8. The number of hydrogen-bond donors (Lipinski definition) is 0. The van der Waals surface area contributed by atoms with Gasteiger partial charge in [-0.25, -0.2) is 41.8 Å². The van der Waals surface area contributed by atoms with Crippen molar-refractivity contribution in [2.24, 2.45) is 0 Å². The predicted octanol–water partition coefficient (Wildman–Crippen LogP) is 11.6. The van der Waals surface area contributed by atoms with Crippen molar-refractivity contribution in [2.75, 3.05) is 36.1 Å². The number of nitrogens with zero attached hydrogens (tertiary/aromatic N) is 2. The number of anilines is 4.